The van der Waals surface area contributed by atoms with E-state index in [1.807, 2.05) is 6.92 Å². The molecule has 1 heterocycles. The van der Waals surface area contributed by atoms with Crippen molar-refractivity contribution in [3.8, 4) is 5.75 Å². The van der Waals surface area contributed by atoms with Crippen LogP contribution in [0.5, 0.6) is 5.75 Å². The molecule has 0 aliphatic carbocycles. The third-order valence-corrected chi connectivity index (χ3v) is 4.72. The highest BCUT2D eigenvalue weighted by atomic mass is 79.9. The molecule has 1 saturated heterocycles. The monoisotopic (exact) mass is 462 g/mol. The highest BCUT2D eigenvalue weighted by molar-refractivity contribution is 9.10. The van der Waals surface area contributed by atoms with Crippen LogP contribution in [-0.2, 0) is 9.59 Å². The minimum Gasteiger partial charge on any atom is -0.494 e. The highest BCUT2D eigenvalue weighted by Gasteiger charge is 2.37. The lowest BCUT2D eigenvalue weighted by atomic mass is 10.1. The molecule has 2 aromatic rings. The number of amides is 4. The molecule has 4 amide bonds. The van der Waals surface area contributed by atoms with Gasteiger partial charge in [-0.15, -0.1) is 0 Å². The summed E-state index contributed by atoms with van der Waals surface area (Å²) in [5.41, 5.74) is 1.40. The minimum atomic E-state index is -0.818. The van der Waals surface area contributed by atoms with Crippen molar-refractivity contribution >= 4 is 57.1 Å². The zero-order valence-corrected chi connectivity index (χ0v) is 17.4. The predicted octanol–water partition coefficient (Wildman–Crippen LogP) is 4.48. The Hall–Kier alpha value is -2.64. The molecule has 0 spiro atoms. The lowest BCUT2D eigenvalue weighted by molar-refractivity contribution is -0.122. The molecule has 1 aliphatic heterocycles. The number of ether oxygens (including phenoxy) is 1. The Balaban J connectivity index is 2.05. The zero-order chi connectivity index (χ0) is 20.4. The Morgan fingerprint density at radius 3 is 2.64 bits per heavy atom. The van der Waals surface area contributed by atoms with Crippen molar-refractivity contribution < 1.29 is 19.1 Å². The van der Waals surface area contributed by atoms with Gasteiger partial charge in [0.15, 0.2) is 0 Å². The summed E-state index contributed by atoms with van der Waals surface area (Å²) < 4.78 is 6.21. The second kappa shape index (κ2) is 8.16. The largest absolute Gasteiger partial charge is 0.494 e. The standard InChI is InChI=1S/C20H16BrClN2O4/c1-3-28-15-7-12(6-13(21)9-15)8-16-18(25)23-20(27)24(19(16)26)17-10-14(22)5-4-11(17)2/h4-10H,3H2,1-2H3,(H,23,25,27)/b16-8+. The SMILES string of the molecule is CCOc1cc(Br)cc(/C=C2\C(=O)NC(=O)N(c3cc(Cl)ccc3C)C2=O)c1. The fourth-order valence-corrected chi connectivity index (χ4v) is 3.44. The van der Waals surface area contributed by atoms with Crippen LogP contribution in [0, 0.1) is 6.92 Å². The van der Waals surface area contributed by atoms with E-state index >= 15 is 0 Å². The van der Waals surface area contributed by atoms with Crippen LogP contribution in [0.3, 0.4) is 0 Å². The van der Waals surface area contributed by atoms with Gasteiger partial charge in [0.2, 0.25) is 0 Å². The van der Waals surface area contributed by atoms with Gasteiger partial charge in [0.25, 0.3) is 11.8 Å². The van der Waals surface area contributed by atoms with Crippen LogP contribution in [-0.4, -0.2) is 24.5 Å². The van der Waals surface area contributed by atoms with Crippen molar-refractivity contribution in [1.82, 2.24) is 5.32 Å². The molecule has 1 N–H and O–H groups in total. The molecule has 0 atom stereocenters. The number of nitrogens with one attached hydrogen (secondary N) is 1. The molecule has 8 heteroatoms. The van der Waals surface area contributed by atoms with Gasteiger partial charge in [-0.25, -0.2) is 9.69 Å². The smallest absolute Gasteiger partial charge is 0.335 e. The Kier molecular flexibility index (Phi) is 5.86. The number of hydrogen-bond donors (Lipinski definition) is 1. The number of hydrogen-bond acceptors (Lipinski definition) is 4. The topological polar surface area (TPSA) is 75.7 Å². The summed E-state index contributed by atoms with van der Waals surface area (Å²) in [7, 11) is 0. The van der Waals surface area contributed by atoms with E-state index in [0.717, 1.165) is 9.37 Å². The molecule has 0 radical (unpaired) electrons. The maximum atomic E-state index is 13.0. The van der Waals surface area contributed by atoms with E-state index in [1.54, 1.807) is 37.3 Å². The van der Waals surface area contributed by atoms with E-state index < -0.39 is 17.8 Å². The third-order valence-electron chi connectivity index (χ3n) is 4.03. The van der Waals surface area contributed by atoms with Crippen LogP contribution >= 0.6 is 27.5 Å². The van der Waals surface area contributed by atoms with Crippen LogP contribution in [0.25, 0.3) is 6.08 Å². The molecule has 1 aliphatic rings. The molecule has 144 valence electrons. The van der Waals surface area contributed by atoms with Gasteiger partial charge in [0.05, 0.1) is 12.3 Å². The molecule has 0 unspecified atom stereocenters. The van der Waals surface area contributed by atoms with Crippen molar-refractivity contribution in [2.75, 3.05) is 11.5 Å². The first-order chi connectivity index (χ1) is 13.3. The molecule has 0 bridgehead atoms. The van der Waals surface area contributed by atoms with Crippen molar-refractivity contribution in [1.29, 1.82) is 0 Å². The number of halogens is 2. The normalized spacial score (nSPS) is 15.8. The summed E-state index contributed by atoms with van der Waals surface area (Å²) in [6, 6.07) is 9.26. The maximum absolute atomic E-state index is 13.0. The highest BCUT2D eigenvalue weighted by Crippen LogP contribution is 2.29. The van der Waals surface area contributed by atoms with Gasteiger partial charge >= 0.3 is 6.03 Å². The number of urea groups is 1. The fraction of sp³-hybridized carbons (Fsp3) is 0.150. The fourth-order valence-electron chi connectivity index (χ4n) is 2.78. The molecule has 28 heavy (non-hydrogen) atoms. The first-order valence-corrected chi connectivity index (χ1v) is 9.58. The van der Waals surface area contributed by atoms with Crippen LogP contribution in [0.2, 0.25) is 5.02 Å². The van der Waals surface area contributed by atoms with Crippen molar-refractivity contribution in [2.45, 2.75) is 13.8 Å². The summed E-state index contributed by atoms with van der Waals surface area (Å²) in [5.74, 6) is -0.896. The number of rotatable bonds is 4. The van der Waals surface area contributed by atoms with E-state index in [4.69, 9.17) is 16.3 Å². The van der Waals surface area contributed by atoms with Crippen LogP contribution < -0.4 is 15.0 Å². The van der Waals surface area contributed by atoms with E-state index in [1.165, 1.54) is 12.1 Å². The Morgan fingerprint density at radius 2 is 1.93 bits per heavy atom. The number of carbonyl (C=O) groups is 3. The van der Waals surface area contributed by atoms with Gasteiger partial charge in [-0.2, -0.15) is 0 Å². The predicted molar refractivity (Wildman–Crippen MR) is 111 cm³/mol. The number of nitrogens with zero attached hydrogens (tertiary/aromatic N) is 1. The van der Waals surface area contributed by atoms with Crippen LogP contribution in [0.1, 0.15) is 18.1 Å². The molecular weight excluding hydrogens is 448 g/mol. The van der Waals surface area contributed by atoms with E-state index in [-0.39, 0.29) is 5.57 Å². The number of barbiturate groups is 1. The molecule has 0 aromatic heterocycles. The van der Waals surface area contributed by atoms with Crippen molar-refractivity contribution in [3.63, 3.8) is 0 Å². The van der Waals surface area contributed by atoms with Gasteiger partial charge in [-0.1, -0.05) is 33.6 Å². The Bertz CT molecular complexity index is 1020. The van der Waals surface area contributed by atoms with Gasteiger partial charge in [-0.3, -0.25) is 14.9 Å². The lowest BCUT2D eigenvalue weighted by Gasteiger charge is -2.27. The summed E-state index contributed by atoms with van der Waals surface area (Å²) in [4.78, 5) is 38.6. The zero-order valence-electron chi connectivity index (χ0n) is 15.1. The number of aryl methyl sites for hydroxylation is 1. The number of imide groups is 2. The van der Waals surface area contributed by atoms with Gasteiger partial charge < -0.3 is 4.74 Å². The Morgan fingerprint density at radius 1 is 1.18 bits per heavy atom. The number of carbonyl (C=O) groups excluding carboxylic acids is 3. The Labute approximate surface area is 175 Å². The number of anilines is 1. The first-order valence-electron chi connectivity index (χ1n) is 8.41. The lowest BCUT2D eigenvalue weighted by Crippen LogP contribution is -2.54. The maximum Gasteiger partial charge on any atom is 0.335 e. The third kappa shape index (κ3) is 4.10. The van der Waals surface area contributed by atoms with E-state index in [9.17, 15) is 14.4 Å². The summed E-state index contributed by atoms with van der Waals surface area (Å²) in [6.45, 7) is 4.07. The summed E-state index contributed by atoms with van der Waals surface area (Å²) in [5, 5.41) is 2.57. The average molecular weight is 464 g/mol. The van der Waals surface area contributed by atoms with E-state index in [0.29, 0.717) is 34.2 Å². The van der Waals surface area contributed by atoms with Gasteiger partial charge in [0.1, 0.15) is 11.3 Å². The summed E-state index contributed by atoms with van der Waals surface area (Å²) >= 11 is 9.40. The van der Waals surface area contributed by atoms with Crippen LogP contribution in [0.4, 0.5) is 10.5 Å². The van der Waals surface area contributed by atoms with Crippen LogP contribution in [0.15, 0.2) is 46.4 Å². The van der Waals surface area contributed by atoms with Crippen molar-refractivity contribution in [3.05, 3.63) is 62.6 Å². The second-order valence-corrected chi connectivity index (χ2v) is 7.39. The molecular formula is C20H16BrClN2O4. The van der Waals surface area contributed by atoms with Gasteiger partial charge in [-0.05, 0) is 61.4 Å². The number of benzene rings is 2. The molecule has 6 nitrogen and oxygen atoms in total. The second-order valence-electron chi connectivity index (χ2n) is 6.04. The molecule has 3 rings (SSSR count). The average Bonchev–Trinajstić information content (AvgIpc) is 2.61. The first kappa shape index (κ1) is 20.1. The van der Waals surface area contributed by atoms with Gasteiger partial charge in [0, 0.05) is 9.50 Å². The molecule has 2 aromatic carbocycles. The minimum absolute atomic E-state index is 0.167. The molecule has 1 fully saturated rings. The quantitative estimate of drug-likeness (QED) is 0.536. The van der Waals surface area contributed by atoms with Crippen molar-refractivity contribution in [2.24, 2.45) is 0 Å². The van der Waals surface area contributed by atoms with E-state index in [2.05, 4.69) is 21.2 Å². The summed E-state index contributed by atoms with van der Waals surface area (Å²) in [6.07, 6.45) is 1.42. The molecule has 0 saturated carbocycles.